The van der Waals surface area contributed by atoms with E-state index < -0.39 is 47.5 Å². The van der Waals surface area contributed by atoms with Crippen LogP contribution >= 0.6 is 0 Å². The number of fused-ring (bicyclic) bond motifs is 1. The number of aliphatic hydroxyl groups excluding tert-OH is 2. The van der Waals surface area contributed by atoms with Crippen molar-refractivity contribution in [1.82, 2.24) is 14.4 Å². The minimum atomic E-state index is -4.41. The number of aliphatic carboxylic acids is 2. The van der Waals surface area contributed by atoms with Crippen molar-refractivity contribution in [2.45, 2.75) is 64.1 Å². The molecule has 1 saturated heterocycles. The number of para-hydroxylation sites is 1. The lowest BCUT2D eigenvalue weighted by atomic mass is 9.95. The Balaban J connectivity index is 0.000000626. The molecule has 2 atom stereocenters. The molecule has 6 rings (SSSR count). The average Bonchev–Trinajstić information content (AvgIpc) is 3.25. The fourth-order valence-electron chi connectivity index (χ4n) is 7.21. The molecule has 1 aromatic heterocycles. The fourth-order valence-corrected chi connectivity index (χ4v) is 7.21. The van der Waals surface area contributed by atoms with Gasteiger partial charge in [-0.1, -0.05) is 67.6 Å². The summed E-state index contributed by atoms with van der Waals surface area (Å²) in [7, 11) is 0. The average molecular weight is 852 g/mol. The van der Waals surface area contributed by atoms with Crippen LogP contribution in [-0.2, 0) is 46.5 Å². The van der Waals surface area contributed by atoms with Crippen LogP contribution in [0.2, 0.25) is 0 Å². The molecule has 1 fully saturated rings. The Hall–Kier alpha value is -5.97. The van der Waals surface area contributed by atoms with E-state index in [4.69, 9.17) is 20.4 Å². The minimum absolute atomic E-state index is 0.0563. The molecule has 5 aromatic rings. The fraction of sp³-hybridized carbons (Fsp3) is 0.333. The molecule has 4 aromatic carbocycles. The molecule has 0 bridgehead atoms. The summed E-state index contributed by atoms with van der Waals surface area (Å²) in [4.78, 5) is 51.3. The van der Waals surface area contributed by atoms with Crippen molar-refractivity contribution >= 4 is 28.7 Å². The number of amides is 1. The Morgan fingerprint density at radius 1 is 0.803 bits per heavy atom. The highest BCUT2D eigenvalue weighted by molar-refractivity contribution is 5.83. The second-order valence-corrected chi connectivity index (χ2v) is 14.8. The third kappa shape index (κ3) is 12.1. The number of alkyl halides is 3. The number of aryl methyl sites for hydroxylation is 2. The van der Waals surface area contributed by atoms with Gasteiger partial charge in [0, 0.05) is 30.2 Å². The molecule has 1 aliphatic rings. The largest absolute Gasteiger partial charge is 0.479 e. The van der Waals surface area contributed by atoms with Crippen LogP contribution in [0.3, 0.4) is 0 Å². The van der Waals surface area contributed by atoms with Gasteiger partial charge in [0.25, 0.3) is 0 Å². The van der Waals surface area contributed by atoms with Crippen molar-refractivity contribution in [3.63, 3.8) is 0 Å². The molecular formula is C45H46F5N3O8. The van der Waals surface area contributed by atoms with E-state index in [-0.39, 0.29) is 36.3 Å². The molecule has 11 nitrogen and oxygen atoms in total. The van der Waals surface area contributed by atoms with Gasteiger partial charge in [-0.3, -0.25) is 9.59 Å². The van der Waals surface area contributed by atoms with Gasteiger partial charge in [0.15, 0.2) is 29.3 Å². The molecule has 61 heavy (non-hydrogen) atoms. The Labute approximate surface area is 347 Å². The SMILES string of the molecule is CCN1CCC(CN(Cc2ccc(-c3ccc(C(F)(F)F)cc3)cc2)C(=O)Cn2c(CCc3cccc(F)c3F)cc(=O)c3ccccc32)CC1.O=C(O)C(O)C(O)C(=O)O. The molecule has 0 spiro atoms. The van der Waals surface area contributed by atoms with Crippen LogP contribution < -0.4 is 5.43 Å². The zero-order chi connectivity index (χ0) is 44.4. The molecule has 1 aliphatic heterocycles. The maximum absolute atomic E-state index is 14.6. The van der Waals surface area contributed by atoms with E-state index in [0.29, 0.717) is 41.2 Å². The molecule has 0 saturated carbocycles. The van der Waals surface area contributed by atoms with Crippen molar-refractivity contribution in [1.29, 1.82) is 0 Å². The van der Waals surface area contributed by atoms with Crippen LogP contribution in [0.25, 0.3) is 22.0 Å². The third-order valence-electron chi connectivity index (χ3n) is 10.7. The van der Waals surface area contributed by atoms with E-state index in [1.165, 1.54) is 30.3 Å². The highest BCUT2D eigenvalue weighted by Crippen LogP contribution is 2.31. The predicted molar refractivity (Wildman–Crippen MR) is 216 cm³/mol. The molecule has 1 amide bonds. The second-order valence-electron chi connectivity index (χ2n) is 14.8. The number of hydrogen-bond donors (Lipinski definition) is 4. The van der Waals surface area contributed by atoms with Gasteiger partial charge in [-0.15, -0.1) is 0 Å². The van der Waals surface area contributed by atoms with E-state index in [1.54, 1.807) is 24.3 Å². The highest BCUT2D eigenvalue weighted by Gasteiger charge is 2.31. The van der Waals surface area contributed by atoms with E-state index in [1.807, 2.05) is 33.7 Å². The Morgan fingerprint density at radius 2 is 1.39 bits per heavy atom. The number of benzene rings is 4. The van der Waals surface area contributed by atoms with Gasteiger partial charge in [-0.2, -0.15) is 13.2 Å². The topological polar surface area (TPSA) is 161 Å². The first kappa shape index (κ1) is 46.1. The number of piperidine rings is 1. The number of carboxylic acid groups (broad SMARTS) is 2. The lowest BCUT2D eigenvalue weighted by molar-refractivity contribution is -0.165. The Kier molecular flexibility index (Phi) is 15.5. The van der Waals surface area contributed by atoms with Crippen LogP contribution in [-0.4, -0.2) is 91.0 Å². The smallest absolute Gasteiger partial charge is 0.416 e. The van der Waals surface area contributed by atoms with Crippen LogP contribution in [0.5, 0.6) is 0 Å². The molecule has 0 aliphatic carbocycles. The van der Waals surface area contributed by atoms with Gasteiger partial charge in [-0.25, -0.2) is 18.4 Å². The van der Waals surface area contributed by atoms with Crippen molar-refractivity contribution in [2.75, 3.05) is 26.2 Å². The summed E-state index contributed by atoms with van der Waals surface area (Å²) >= 11 is 0. The number of nitrogens with zero attached hydrogens (tertiary/aromatic N) is 3. The van der Waals surface area contributed by atoms with Gasteiger partial charge in [0.2, 0.25) is 5.91 Å². The number of pyridine rings is 1. The first-order valence-corrected chi connectivity index (χ1v) is 19.6. The number of aromatic nitrogens is 1. The number of aliphatic hydroxyl groups is 2. The molecule has 16 heteroatoms. The Bertz CT molecular complexity index is 2340. The molecular weight excluding hydrogens is 805 g/mol. The van der Waals surface area contributed by atoms with Crippen molar-refractivity contribution in [3.8, 4) is 11.1 Å². The summed E-state index contributed by atoms with van der Waals surface area (Å²) in [6.07, 6.45) is -6.68. The van der Waals surface area contributed by atoms with Crippen molar-refractivity contribution in [2.24, 2.45) is 5.92 Å². The van der Waals surface area contributed by atoms with Crippen LogP contribution in [0.1, 0.15) is 42.1 Å². The highest BCUT2D eigenvalue weighted by atomic mass is 19.4. The zero-order valence-electron chi connectivity index (χ0n) is 33.2. The standard InChI is InChI=1S/C41H40F5N3O2.C4H6O6/c1-2-47-22-20-29(21-23-47)26-48(25-28-10-12-30(13-11-28)31-14-17-33(18-15-31)41(44,45)46)39(51)27-49-34(19-16-32-6-5-8-36(42)40(32)43)24-38(50)35-7-3-4-9-37(35)49;5-1(3(7)8)2(6)4(9)10/h3-15,17-18,24,29H,2,16,19-23,25-27H2,1H3;1-2,5-6H,(H,7,8)(H,9,10). The summed E-state index contributed by atoms with van der Waals surface area (Å²) in [6, 6.07) is 25.1. The maximum Gasteiger partial charge on any atom is 0.416 e. The lowest BCUT2D eigenvalue weighted by Crippen LogP contribution is -2.42. The quantitative estimate of drug-likeness (QED) is 0.0929. The zero-order valence-corrected chi connectivity index (χ0v) is 33.2. The summed E-state index contributed by atoms with van der Waals surface area (Å²) < 4.78 is 69.6. The number of likely N-dealkylation sites (tertiary alicyclic amines) is 1. The summed E-state index contributed by atoms with van der Waals surface area (Å²) in [5.74, 6) is -5.25. The van der Waals surface area contributed by atoms with Gasteiger partial charge in [0.1, 0.15) is 6.54 Å². The summed E-state index contributed by atoms with van der Waals surface area (Å²) in [5.41, 5.74) is 2.69. The van der Waals surface area contributed by atoms with Crippen LogP contribution in [0.4, 0.5) is 22.0 Å². The maximum atomic E-state index is 14.6. The van der Waals surface area contributed by atoms with Crippen molar-refractivity contribution in [3.05, 3.63) is 141 Å². The molecule has 324 valence electrons. The van der Waals surface area contributed by atoms with Gasteiger partial charge >= 0.3 is 18.1 Å². The van der Waals surface area contributed by atoms with E-state index in [9.17, 15) is 41.1 Å². The molecule has 2 unspecified atom stereocenters. The Morgan fingerprint density at radius 3 is 1.97 bits per heavy atom. The van der Waals surface area contributed by atoms with Crippen LogP contribution in [0, 0.1) is 17.6 Å². The van der Waals surface area contributed by atoms with E-state index in [0.717, 1.165) is 61.8 Å². The predicted octanol–water partition coefficient (Wildman–Crippen LogP) is 6.39. The van der Waals surface area contributed by atoms with Gasteiger partial charge in [-0.05, 0) is 104 Å². The first-order chi connectivity index (χ1) is 29.0. The van der Waals surface area contributed by atoms with Crippen LogP contribution in [0.15, 0.2) is 102 Å². The summed E-state index contributed by atoms with van der Waals surface area (Å²) in [5, 5.41) is 33.0. The van der Waals surface area contributed by atoms with Crippen molar-refractivity contribution < 1.29 is 56.8 Å². The first-order valence-electron chi connectivity index (χ1n) is 19.6. The molecule has 4 N–H and O–H groups in total. The summed E-state index contributed by atoms with van der Waals surface area (Å²) in [6.45, 7) is 5.83. The minimum Gasteiger partial charge on any atom is -0.479 e. The lowest BCUT2D eigenvalue weighted by Gasteiger charge is -2.35. The van der Waals surface area contributed by atoms with Gasteiger partial charge in [0.05, 0.1) is 11.1 Å². The number of carboxylic acids is 2. The monoisotopic (exact) mass is 851 g/mol. The number of hydrogen-bond acceptors (Lipinski definition) is 7. The second kappa shape index (κ2) is 20.5. The number of carbonyl (C=O) groups excluding carboxylic acids is 1. The normalized spacial score (nSPS) is 14.5. The third-order valence-corrected chi connectivity index (χ3v) is 10.7. The van der Waals surface area contributed by atoms with E-state index >= 15 is 0 Å². The molecule has 2 heterocycles. The number of halogens is 5. The number of carbonyl (C=O) groups is 3. The molecule has 0 radical (unpaired) electrons. The van der Waals surface area contributed by atoms with Gasteiger partial charge < -0.3 is 34.8 Å². The van der Waals surface area contributed by atoms with E-state index in [2.05, 4.69) is 11.8 Å². The number of rotatable bonds is 14.